The molecule has 0 aromatic heterocycles. The molecular weight excluding hydrogens is 212 g/mol. The van der Waals surface area contributed by atoms with Crippen molar-refractivity contribution >= 4 is 22.6 Å². The van der Waals surface area contributed by atoms with Crippen LogP contribution in [0.2, 0.25) is 0 Å². The summed E-state index contributed by atoms with van der Waals surface area (Å²) >= 11 is 0. The van der Waals surface area contributed by atoms with Crippen LogP contribution in [0.4, 0.5) is 4.39 Å². The van der Waals surface area contributed by atoms with Crippen molar-refractivity contribution in [3.63, 3.8) is 0 Å². The minimum absolute atomic E-state index is 0.373. The van der Waals surface area contributed by atoms with Crippen molar-refractivity contribution in [1.29, 1.82) is 0 Å². The summed E-state index contributed by atoms with van der Waals surface area (Å²) < 4.78 is 34.5. The molecule has 0 bridgehead atoms. The number of hydrogen-bond donors (Lipinski definition) is 3. The number of primary sulfonamides is 1. The summed E-state index contributed by atoms with van der Waals surface area (Å²) in [5.74, 6) is -0.910. The highest BCUT2D eigenvalue weighted by Crippen LogP contribution is 2.06. The molecule has 0 heterocycles. The second kappa shape index (κ2) is 3.66. The maximum Gasteiger partial charge on any atom is 0.491 e. The van der Waals surface area contributed by atoms with Gasteiger partial charge in [0.15, 0.2) is 0 Å². The highest BCUT2D eigenvalue weighted by Gasteiger charge is 2.19. The van der Waals surface area contributed by atoms with Gasteiger partial charge in [-0.15, -0.1) is 0 Å². The molecule has 0 radical (unpaired) electrons. The van der Waals surface area contributed by atoms with E-state index in [0.29, 0.717) is 0 Å². The average molecular weight is 219 g/mol. The number of rotatable bonds is 2. The van der Waals surface area contributed by atoms with Gasteiger partial charge in [-0.05, 0) is 18.2 Å². The first-order valence-corrected chi connectivity index (χ1v) is 5.05. The second-order valence-electron chi connectivity index (χ2n) is 2.60. The van der Waals surface area contributed by atoms with Crippen LogP contribution in [0.5, 0.6) is 0 Å². The Balaban J connectivity index is 3.34. The number of sulfonamides is 1. The van der Waals surface area contributed by atoms with Crippen LogP contribution in [0, 0.1) is 5.82 Å². The Labute approximate surface area is 80.2 Å². The van der Waals surface area contributed by atoms with E-state index in [4.69, 9.17) is 15.2 Å². The van der Waals surface area contributed by atoms with E-state index in [0.717, 1.165) is 18.2 Å². The number of nitrogens with two attached hydrogens (primary N) is 1. The molecule has 0 spiro atoms. The molecule has 4 N–H and O–H groups in total. The number of benzene rings is 1. The van der Waals surface area contributed by atoms with Crippen LogP contribution < -0.4 is 10.6 Å². The molecule has 14 heavy (non-hydrogen) atoms. The van der Waals surface area contributed by atoms with E-state index < -0.39 is 28.4 Å². The Morgan fingerprint density at radius 3 is 2.36 bits per heavy atom. The Morgan fingerprint density at radius 1 is 1.36 bits per heavy atom. The van der Waals surface area contributed by atoms with E-state index in [1.165, 1.54) is 0 Å². The summed E-state index contributed by atoms with van der Waals surface area (Å²) in [6, 6.07) is 2.51. The van der Waals surface area contributed by atoms with Crippen LogP contribution in [-0.2, 0) is 10.0 Å². The molecule has 5 nitrogen and oxygen atoms in total. The highest BCUT2D eigenvalue weighted by molar-refractivity contribution is 7.89. The normalized spacial score (nSPS) is 11.4. The zero-order valence-corrected chi connectivity index (χ0v) is 7.70. The molecule has 0 aliphatic carbocycles. The molecule has 1 rings (SSSR count). The molecule has 0 aliphatic heterocycles. The Kier molecular flexibility index (Phi) is 2.91. The lowest BCUT2D eigenvalue weighted by molar-refractivity contribution is 0.423. The molecule has 0 unspecified atom stereocenters. The first-order valence-electron chi connectivity index (χ1n) is 3.51. The maximum atomic E-state index is 12.9. The first-order chi connectivity index (χ1) is 6.32. The Hall–Kier alpha value is -0.955. The monoisotopic (exact) mass is 219 g/mol. The van der Waals surface area contributed by atoms with Gasteiger partial charge in [0.25, 0.3) is 0 Å². The Bertz CT molecular complexity index is 447. The quantitative estimate of drug-likeness (QED) is 0.508. The summed E-state index contributed by atoms with van der Waals surface area (Å²) in [6.45, 7) is 0. The van der Waals surface area contributed by atoms with Crippen molar-refractivity contribution in [3.05, 3.63) is 24.0 Å². The third kappa shape index (κ3) is 2.29. The predicted molar refractivity (Wildman–Crippen MR) is 47.6 cm³/mol. The summed E-state index contributed by atoms with van der Waals surface area (Å²) in [6.07, 6.45) is 0. The molecule has 0 amide bonds. The predicted octanol–water partition coefficient (Wildman–Crippen LogP) is -1.85. The SMILES string of the molecule is NS(=O)(=O)c1ccc(F)c(B(O)O)c1. The van der Waals surface area contributed by atoms with Gasteiger partial charge in [-0.25, -0.2) is 17.9 Å². The van der Waals surface area contributed by atoms with E-state index in [9.17, 15) is 12.8 Å². The van der Waals surface area contributed by atoms with Crippen LogP contribution in [0.15, 0.2) is 23.1 Å². The first kappa shape index (κ1) is 11.1. The molecule has 8 heteroatoms. The van der Waals surface area contributed by atoms with Crippen molar-refractivity contribution in [2.24, 2.45) is 5.14 Å². The van der Waals surface area contributed by atoms with Crippen molar-refractivity contribution in [3.8, 4) is 0 Å². The van der Waals surface area contributed by atoms with Crippen molar-refractivity contribution < 1.29 is 22.9 Å². The molecule has 0 atom stereocenters. The lowest BCUT2D eigenvalue weighted by atomic mass is 9.80. The van der Waals surface area contributed by atoms with Crippen LogP contribution >= 0.6 is 0 Å². The third-order valence-electron chi connectivity index (χ3n) is 1.57. The van der Waals surface area contributed by atoms with Gasteiger partial charge in [0.1, 0.15) is 5.82 Å². The molecule has 0 fully saturated rings. The molecular formula is C6H7BFNO4S. The van der Waals surface area contributed by atoms with Gasteiger partial charge in [-0.3, -0.25) is 0 Å². The van der Waals surface area contributed by atoms with Crippen LogP contribution in [0.1, 0.15) is 0 Å². The molecule has 76 valence electrons. The molecule has 0 saturated heterocycles. The second-order valence-corrected chi connectivity index (χ2v) is 4.16. The van der Waals surface area contributed by atoms with Gasteiger partial charge in [0, 0.05) is 5.46 Å². The molecule has 1 aromatic rings. The van der Waals surface area contributed by atoms with Gasteiger partial charge >= 0.3 is 7.12 Å². The van der Waals surface area contributed by atoms with Gasteiger partial charge in [-0.1, -0.05) is 0 Å². The fourth-order valence-electron chi connectivity index (χ4n) is 0.897. The Morgan fingerprint density at radius 2 is 1.93 bits per heavy atom. The van der Waals surface area contributed by atoms with Gasteiger partial charge in [0.2, 0.25) is 10.0 Å². The lowest BCUT2D eigenvalue weighted by Crippen LogP contribution is -2.33. The molecule has 0 aliphatic rings. The standard InChI is InChI=1S/C6H7BFNO4S/c8-6-2-1-4(14(9,12)13)3-5(6)7(10)11/h1-3,10-11H,(H2,9,12,13). The third-order valence-corrected chi connectivity index (χ3v) is 2.49. The van der Waals surface area contributed by atoms with Gasteiger partial charge < -0.3 is 10.0 Å². The highest BCUT2D eigenvalue weighted by atomic mass is 32.2. The van der Waals surface area contributed by atoms with Crippen molar-refractivity contribution in [1.82, 2.24) is 0 Å². The van der Waals surface area contributed by atoms with Crippen LogP contribution in [0.25, 0.3) is 0 Å². The smallest absolute Gasteiger partial charge is 0.423 e. The van der Waals surface area contributed by atoms with Gasteiger partial charge in [0.05, 0.1) is 4.90 Å². The van der Waals surface area contributed by atoms with E-state index in [1.54, 1.807) is 0 Å². The zero-order valence-electron chi connectivity index (χ0n) is 6.88. The minimum Gasteiger partial charge on any atom is -0.423 e. The summed E-state index contributed by atoms with van der Waals surface area (Å²) in [4.78, 5) is -0.373. The number of halogens is 1. The van der Waals surface area contributed by atoms with E-state index in [1.807, 2.05) is 0 Å². The molecule has 0 saturated carbocycles. The van der Waals surface area contributed by atoms with Crippen molar-refractivity contribution in [2.75, 3.05) is 0 Å². The fourth-order valence-corrected chi connectivity index (χ4v) is 1.45. The van der Waals surface area contributed by atoms with Crippen molar-refractivity contribution in [2.45, 2.75) is 4.90 Å². The van der Waals surface area contributed by atoms with E-state index in [-0.39, 0.29) is 4.90 Å². The summed E-state index contributed by atoms with van der Waals surface area (Å²) in [5.41, 5.74) is -0.531. The zero-order chi connectivity index (χ0) is 10.9. The topological polar surface area (TPSA) is 101 Å². The van der Waals surface area contributed by atoms with E-state index in [2.05, 4.69) is 0 Å². The summed E-state index contributed by atoms with van der Waals surface area (Å²) in [5, 5.41) is 22.1. The maximum absolute atomic E-state index is 12.9. The van der Waals surface area contributed by atoms with Crippen LogP contribution in [0.3, 0.4) is 0 Å². The fraction of sp³-hybridized carbons (Fsp3) is 0. The van der Waals surface area contributed by atoms with Gasteiger partial charge in [-0.2, -0.15) is 0 Å². The molecule has 1 aromatic carbocycles. The average Bonchev–Trinajstić information content (AvgIpc) is 2.02. The summed E-state index contributed by atoms with van der Waals surface area (Å²) in [7, 11) is -6.04. The lowest BCUT2D eigenvalue weighted by Gasteiger charge is -2.03. The number of hydrogen-bond acceptors (Lipinski definition) is 4. The van der Waals surface area contributed by atoms with E-state index >= 15 is 0 Å². The minimum atomic E-state index is -3.96. The van der Waals surface area contributed by atoms with Crippen LogP contribution in [-0.4, -0.2) is 25.6 Å². The largest absolute Gasteiger partial charge is 0.491 e.